The molecule has 4 nitrogen and oxygen atoms in total. The van der Waals surface area contributed by atoms with Crippen LogP contribution in [-0.4, -0.2) is 24.4 Å². The molecule has 6 heteroatoms. The molecule has 0 heterocycles. The summed E-state index contributed by atoms with van der Waals surface area (Å²) in [6.07, 6.45) is 0. The number of benzene rings is 5. The van der Waals surface area contributed by atoms with Crippen molar-refractivity contribution >= 4 is 38.3 Å². The van der Waals surface area contributed by atoms with Crippen molar-refractivity contribution in [2.45, 2.75) is 47.5 Å². The summed E-state index contributed by atoms with van der Waals surface area (Å²) in [5.74, 6) is 1.79. The van der Waals surface area contributed by atoms with E-state index in [1.54, 1.807) is 0 Å². The van der Waals surface area contributed by atoms with E-state index in [0.29, 0.717) is 37.1 Å². The van der Waals surface area contributed by atoms with Crippen LogP contribution in [0.5, 0.6) is 17.2 Å². The Balaban J connectivity index is 0.00000442. The molecule has 44 heavy (non-hydrogen) atoms. The summed E-state index contributed by atoms with van der Waals surface area (Å²) in [6, 6.07) is 35.9. The van der Waals surface area contributed by atoms with Gasteiger partial charge >= 0.3 is 18.9 Å². The van der Waals surface area contributed by atoms with Gasteiger partial charge in [0.2, 0.25) is 0 Å². The van der Waals surface area contributed by atoms with Gasteiger partial charge in [-0.15, -0.1) is 0 Å². The fraction of sp³-hybridized carbons (Fsp3) is 0.184. The van der Waals surface area contributed by atoms with Gasteiger partial charge in [-0.25, -0.2) is 0 Å². The molecule has 0 aromatic heterocycles. The van der Waals surface area contributed by atoms with Gasteiger partial charge in [0.1, 0.15) is 37.1 Å². The van der Waals surface area contributed by atoms with Gasteiger partial charge < -0.3 is 14.2 Å². The molecule has 0 radical (unpaired) electrons. The summed E-state index contributed by atoms with van der Waals surface area (Å²) in [4.78, 5) is 14.0. The Hall–Kier alpha value is -3.80. The average molecular weight is 597 g/mol. The Labute approximate surface area is 274 Å². The molecule has 0 N–H and O–H groups in total. The molecule has 0 aliphatic heterocycles. The third-order valence-corrected chi connectivity index (χ3v) is 8.80. The van der Waals surface area contributed by atoms with Gasteiger partial charge in [0, 0.05) is 17.7 Å². The predicted octanol–water partition coefficient (Wildman–Crippen LogP) is 8.15. The van der Waals surface area contributed by atoms with E-state index >= 15 is 0 Å². The van der Waals surface area contributed by atoms with Gasteiger partial charge in [0.05, 0.1) is 5.30 Å². The van der Waals surface area contributed by atoms with Crippen LogP contribution in [0, 0.1) is 27.7 Å². The van der Waals surface area contributed by atoms with E-state index in [9.17, 15) is 4.79 Å². The van der Waals surface area contributed by atoms with Crippen molar-refractivity contribution in [3.05, 3.63) is 154 Å². The van der Waals surface area contributed by atoms with Crippen LogP contribution in [0.2, 0.25) is 0 Å². The number of carbonyl (C=O) groups excluding carboxylic acids is 1. The molecule has 1 atom stereocenters. The van der Waals surface area contributed by atoms with Gasteiger partial charge in [-0.05, 0) is 75.2 Å². The molecular weight excluding hydrogens is 558 g/mol. The fourth-order valence-corrected chi connectivity index (χ4v) is 6.29. The van der Waals surface area contributed by atoms with E-state index in [2.05, 4.69) is 19.9 Å². The summed E-state index contributed by atoms with van der Waals surface area (Å²) >= 11 is 0. The Kier molecular flexibility index (Phi) is 11.9. The molecule has 0 spiro atoms. The van der Waals surface area contributed by atoms with E-state index in [0.717, 1.165) is 44.2 Å². The third kappa shape index (κ3) is 8.43. The molecule has 0 aliphatic carbocycles. The van der Waals surface area contributed by atoms with Crippen LogP contribution < -0.4 is 19.5 Å². The summed E-state index contributed by atoms with van der Waals surface area (Å²) in [5, 5.41) is 0.737. The molecule has 0 bridgehead atoms. The van der Waals surface area contributed by atoms with Crippen LogP contribution in [0.1, 0.15) is 49.3 Å². The van der Waals surface area contributed by atoms with Crippen LogP contribution >= 0.6 is 8.58 Å². The SMILES string of the molecule is Cc1cc(C)c(C(=O)Pc2c(OCc3ccccc3)cc(OCc3ccccc3)cc2OCc2ccccc2)c(C)c1C.[LiH]. The van der Waals surface area contributed by atoms with E-state index < -0.39 is 0 Å². The number of hydrogen-bond acceptors (Lipinski definition) is 4. The molecule has 1 unspecified atom stereocenters. The monoisotopic (exact) mass is 596 g/mol. The first kappa shape index (κ1) is 33.1. The van der Waals surface area contributed by atoms with Crippen molar-refractivity contribution in [1.82, 2.24) is 0 Å². The maximum atomic E-state index is 14.0. The molecule has 5 aromatic rings. The first-order valence-corrected chi connectivity index (χ1v) is 15.5. The van der Waals surface area contributed by atoms with Gasteiger partial charge in [-0.1, -0.05) is 97.1 Å². The number of carbonyl (C=O) groups is 1. The zero-order valence-electron chi connectivity index (χ0n) is 25.1. The topological polar surface area (TPSA) is 44.8 Å². The molecule has 5 rings (SSSR count). The van der Waals surface area contributed by atoms with Crippen LogP contribution in [0.15, 0.2) is 109 Å². The second-order valence-electron chi connectivity index (χ2n) is 10.7. The second-order valence-corrected chi connectivity index (χ2v) is 11.9. The standard InChI is InChI=1S/C38H37O4P.Li.H/c1-26-20-27(2)36(29(4)28(26)3)38(39)43-37-34(41-24-31-16-10-6-11-17-31)21-33(40-23-30-14-8-5-9-15-30)22-35(37)42-25-32-18-12-7-13-19-32;;/h5-22,43H,23-25H2,1-4H3;;. The van der Waals surface area contributed by atoms with Crippen molar-refractivity contribution in [3.8, 4) is 17.2 Å². The first-order valence-electron chi connectivity index (χ1n) is 14.5. The van der Waals surface area contributed by atoms with Crippen molar-refractivity contribution in [2.75, 3.05) is 0 Å². The Morgan fingerprint density at radius 1 is 0.568 bits per heavy atom. The fourth-order valence-electron chi connectivity index (χ4n) is 5.02. The summed E-state index contributed by atoms with van der Waals surface area (Å²) in [6.45, 7) is 9.32. The molecule has 5 aromatic carbocycles. The number of hydrogen-bond donors (Lipinski definition) is 0. The van der Waals surface area contributed by atoms with E-state index in [4.69, 9.17) is 14.2 Å². The Bertz CT molecular complexity index is 1620. The number of rotatable bonds is 12. The maximum absolute atomic E-state index is 14.0. The summed E-state index contributed by atoms with van der Waals surface area (Å²) < 4.78 is 19.1. The molecule has 0 saturated carbocycles. The Morgan fingerprint density at radius 3 is 1.45 bits per heavy atom. The third-order valence-electron chi connectivity index (χ3n) is 7.58. The van der Waals surface area contributed by atoms with E-state index in [-0.39, 0.29) is 33.0 Å². The summed E-state index contributed by atoms with van der Waals surface area (Å²) in [7, 11) is -0.199. The normalized spacial score (nSPS) is 10.8. The van der Waals surface area contributed by atoms with E-state index in [1.807, 2.05) is 117 Å². The molecule has 0 aliphatic rings. The van der Waals surface area contributed by atoms with Crippen LogP contribution in [-0.2, 0) is 19.8 Å². The number of aryl methyl sites for hydroxylation is 2. The molecule has 0 amide bonds. The quantitative estimate of drug-likeness (QED) is 0.108. The van der Waals surface area contributed by atoms with Crippen molar-refractivity contribution in [2.24, 2.45) is 0 Å². The molecule has 0 saturated heterocycles. The van der Waals surface area contributed by atoms with Crippen molar-refractivity contribution in [3.63, 3.8) is 0 Å². The van der Waals surface area contributed by atoms with Crippen LogP contribution in [0.4, 0.5) is 0 Å². The number of ether oxygens (including phenoxy) is 3. The predicted molar refractivity (Wildman–Crippen MR) is 184 cm³/mol. The van der Waals surface area contributed by atoms with Crippen molar-refractivity contribution in [1.29, 1.82) is 0 Å². The first-order chi connectivity index (χ1) is 20.9. The summed E-state index contributed by atoms with van der Waals surface area (Å²) in [5.41, 5.74) is 8.30. The van der Waals surface area contributed by atoms with Gasteiger partial charge in [0.15, 0.2) is 5.52 Å². The zero-order chi connectivity index (χ0) is 30.2. The molecule has 0 fully saturated rings. The molecule has 220 valence electrons. The van der Waals surface area contributed by atoms with Gasteiger partial charge in [0.25, 0.3) is 0 Å². The van der Waals surface area contributed by atoms with Gasteiger partial charge in [-0.3, -0.25) is 4.79 Å². The average Bonchev–Trinajstić information content (AvgIpc) is 3.03. The van der Waals surface area contributed by atoms with Crippen LogP contribution in [0.25, 0.3) is 0 Å². The Morgan fingerprint density at radius 2 is 1.00 bits per heavy atom. The van der Waals surface area contributed by atoms with Crippen LogP contribution in [0.3, 0.4) is 0 Å². The zero-order valence-corrected chi connectivity index (χ0v) is 26.1. The van der Waals surface area contributed by atoms with Gasteiger partial charge in [-0.2, -0.15) is 0 Å². The minimum atomic E-state index is -0.199. The molecular formula is C38H38LiO4P. The van der Waals surface area contributed by atoms with Crippen molar-refractivity contribution < 1.29 is 19.0 Å². The van der Waals surface area contributed by atoms with E-state index in [1.165, 1.54) is 5.56 Å². The second kappa shape index (κ2) is 15.8. The minimum absolute atomic E-state index is 0.